The monoisotopic (exact) mass is 392 g/mol. The summed E-state index contributed by atoms with van der Waals surface area (Å²) < 4.78 is 1.04. The lowest BCUT2D eigenvalue weighted by Crippen LogP contribution is -3.00. The van der Waals surface area contributed by atoms with Gasteiger partial charge in [-0.25, -0.2) is 0 Å². The van der Waals surface area contributed by atoms with Crippen molar-refractivity contribution in [2.45, 2.75) is 46.1 Å². The van der Waals surface area contributed by atoms with E-state index in [9.17, 15) is 15.0 Å². The van der Waals surface area contributed by atoms with Crippen LogP contribution in [0.4, 0.5) is 0 Å². The fraction of sp³-hybridized carbons (Fsp3) is 0.632. The molecule has 1 unspecified atom stereocenters. The van der Waals surface area contributed by atoms with E-state index in [1.54, 1.807) is 18.2 Å². The molecule has 1 N–H and O–H groups in total. The molecule has 0 heterocycles. The first-order chi connectivity index (χ1) is 11.4. The number of benzene rings is 1. The number of carboxylic acid groups (broad SMARTS) is 1. The number of rotatable bonds is 10. The number of halogens is 2. The van der Waals surface area contributed by atoms with Gasteiger partial charge >= 0.3 is 0 Å². The van der Waals surface area contributed by atoms with E-state index in [1.807, 2.05) is 0 Å². The van der Waals surface area contributed by atoms with Crippen molar-refractivity contribution < 1.29 is 31.9 Å². The van der Waals surface area contributed by atoms with Crippen LogP contribution >= 0.6 is 11.6 Å². The quantitative estimate of drug-likeness (QED) is 0.438. The second kappa shape index (κ2) is 15.4. The zero-order valence-corrected chi connectivity index (χ0v) is 17.1. The summed E-state index contributed by atoms with van der Waals surface area (Å²) in [4.78, 5) is 10.1. The van der Waals surface area contributed by atoms with Gasteiger partial charge in [-0.3, -0.25) is 0 Å². The molecular formula is C19H32Cl2NO3-. The van der Waals surface area contributed by atoms with Crippen molar-refractivity contribution in [3.8, 4) is 0 Å². The second-order valence-electron chi connectivity index (χ2n) is 6.16. The van der Waals surface area contributed by atoms with Crippen LogP contribution in [0.3, 0.4) is 0 Å². The maximum atomic E-state index is 10.1. The maximum absolute atomic E-state index is 10.1. The smallest absolute Gasteiger partial charge is 0.116 e. The predicted octanol–water partition coefficient (Wildman–Crippen LogP) is -0.313. The molecule has 1 rings (SSSR count). The molecule has 0 amide bonds. The van der Waals surface area contributed by atoms with E-state index in [-0.39, 0.29) is 24.1 Å². The topological polar surface area (TPSA) is 60.4 Å². The lowest BCUT2D eigenvalue weighted by Gasteiger charge is -2.39. The minimum atomic E-state index is -1.13. The second-order valence-corrected chi connectivity index (χ2v) is 6.47. The number of nitrogens with zero attached hydrogens (tertiary/aromatic N) is 1. The Morgan fingerprint density at radius 2 is 1.52 bits per heavy atom. The largest absolute Gasteiger partial charge is 1.00 e. The number of alkyl halides is 1. The predicted molar refractivity (Wildman–Crippen MR) is 98.1 cm³/mol. The first kappa shape index (κ1) is 26.4. The molecule has 0 aliphatic heterocycles. The van der Waals surface area contributed by atoms with E-state index >= 15 is 0 Å². The Bertz CT molecular complexity index is 427. The first-order valence-electron chi connectivity index (χ1n) is 8.80. The molecule has 0 spiro atoms. The van der Waals surface area contributed by atoms with E-state index in [0.717, 1.165) is 30.7 Å². The highest BCUT2D eigenvalue weighted by atomic mass is 35.5. The number of carboxylic acids is 1. The molecule has 0 bridgehead atoms. The van der Waals surface area contributed by atoms with Crippen LogP contribution in [-0.4, -0.2) is 53.7 Å². The van der Waals surface area contributed by atoms with Crippen LogP contribution in [0.15, 0.2) is 30.3 Å². The van der Waals surface area contributed by atoms with Gasteiger partial charge in [0.1, 0.15) is 12.6 Å². The van der Waals surface area contributed by atoms with E-state index in [4.69, 9.17) is 11.6 Å². The third kappa shape index (κ3) is 11.4. The molecule has 1 atom stereocenters. The first-order valence-corrected chi connectivity index (χ1v) is 9.33. The van der Waals surface area contributed by atoms with Crippen molar-refractivity contribution in [3.63, 3.8) is 0 Å². The molecule has 0 saturated heterocycles. The molecule has 0 aromatic heterocycles. The standard InChI is InChI=1S/C12H27ClNO.C7H6O2.ClH/c1-4-7-14(8-5-2,9-6-3)11-12(15)10-13;8-7(9)6-4-2-1-3-5-6;/h12,15H,4-11H2,1-3H3;1-5H,(H,8,9);1H/q+1;;/p-2. The fourth-order valence-corrected chi connectivity index (χ4v) is 3.20. The van der Waals surface area contributed by atoms with E-state index in [0.29, 0.717) is 5.88 Å². The molecule has 0 saturated carbocycles. The number of aliphatic hydroxyl groups excluding tert-OH is 1. The van der Waals surface area contributed by atoms with Gasteiger partial charge in [-0.1, -0.05) is 51.1 Å². The van der Waals surface area contributed by atoms with Gasteiger partial charge in [-0.15, -0.1) is 11.6 Å². The molecule has 4 nitrogen and oxygen atoms in total. The van der Waals surface area contributed by atoms with Gasteiger partial charge in [0.25, 0.3) is 0 Å². The summed E-state index contributed by atoms with van der Waals surface area (Å²) >= 11 is 5.70. The van der Waals surface area contributed by atoms with Crippen LogP contribution < -0.4 is 17.5 Å². The highest BCUT2D eigenvalue weighted by Crippen LogP contribution is 2.13. The maximum Gasteiger partial charge on any atom is 0.116 e. The lowest BCUT2D eigenvalue weighted by atomic mass is 10.2. The van der Waals surface area contributed by atoms with Gasteiger partial charge in [-0.05, 0) is 24.8 Å². The number of hydrogen-bond acceptors (Lipinski definition) is 3. The average molecular weight is 393 g/mol. The Labute approximate surface area is 163 Å². The van der Waals surface area contributed by atoms with Gasteiger partial charge < -0.3 is 31.9 Å². The minimum Gasteiger partial charge on any atom is -1.00 e. The van der Waals surface area contributed by atoms with Crippen LogP contribution in [0.2, 0.25) is 0 Å². The number of aliphatic hydroxyl groups is 1. The molecule has 1 aromatic carbocycles. The van der Waals surface area contributed by atoms with E-state index < -0.39 is 5.97 Å². The van der Waals surface area contributed by atoms with Crippen molar-refractivity contribution in [2.24, 2.45) is 0 Å². The molecule has 1 aromatic rings. The van der Waals surface area contributed by atoms with Gasteiger partial charge in [0, 0.05) is 0 Å². The number of quaternary nitrogens is 1. The minimum absolute atomic E-state index is 0. The Morgan fingerprint density at radius 3 is 1.80 bits per heavy atom. The van der Waals surface area contributed by atoms with Crippen molar-refractivity contribution in [3.05, 3.63) is 35.9 Å². The third-order valence-electron chi connectivity index (χ3n) is 3.88. The van der Waals surface area contributed by atoms with Crippen LogP contribution in [0.25, 0.3) is 0 Å². The van der Waals surface area contributed by atoms with Crippen molar-refractivity contribution in [1.82, 2.24) is 0 Å². The van der Waals surface area contributed by atoms with E-state index in [2.05, 4.69) is 20.8 Å². The zero-order valence-electron chi connectivity index (χ0n) is 15.6. The molecule has 25 heavy (non-hydrogen) atoms. The summed E-state index contributed by atoms with van der Waals surface area (Å²) in [6.45, 7) is 10.9. The Balaban J connectivity index is 0. The molecule has 146 valence electrons. The summed E-state index contributed by atoms with van der Waals surface area (Å²) in [5, 5.41) is 19.8. The van der Waals surface area contributed by atoms with Crippen LogP contribution in [0, 0.1) is 0 Å². The number of carbonyl (C=O) groups excluding carboxylic acids is 1. The fourth-order valence-electron chi connectivity index (χ4n) is 3.10. The molecule has 0 fully saturated rings. The van der Waals surface area contributed by atoms with Gasteiger partial charge in [0.05, 0.1) is 31.5 Å². The van der Waals surface area contributed by atoms with Crippen molar-refractivity contribution in [1.29, 1.82) is 0 Å². The summed E-state index contributed by atoms with van der Waals surface area (Å²) in [6.07, 6.45) is 3.18. The van der Waals surface area contributed by atoms with Crippen LogP contribution in [0.5, 0.6) is 0 Å². The van der Waals surface area contributed by atoms with Crippen molar-refractivity contribution in [2.75, 3.05) is 32.1 Å². The van der Waals surface area contributed by atoms with Gasteiger partial charge in [0.2, 0.25) is 0 Å². The average Bonchev–Trinajstić information content (AvgIpc) is 2.57. The van der Waals surface area contributed by atoms with Crippen LogP contribution in [0.1, 0.15) is 50.4 Å². The normalized spacial score (nSPS) is 11.7. The number of carbonyl (C=O) groups is 1. The Hall–Kier alpha value is -0.810. The highest BCUT2D eigenvalue weighted by Gasteiger charge is 2.27. The SMILES string of the molecule is CCC[N+](CCC)(CCC)CC(O)CCl.O=C([O-])c1ccccc1.[Cl-]. The summed E-state index contributed by atoms with van der Waals surface area (Å²) in [7, 11) is 0. The van der Waals surface area contributed by atoms with Crippen LogP contribution in [-0.2, 0) is 0 Å². The molecule has 0 aliphatic rings. The number of hydrogen-bond donors (Lipinski definition) is 1. The summed E-state index contributed by atoms with van der Waals surface area (Å²) in [5.74, 6) is -0.771. The molecule has 0 radical (unpaired) electrons. The van der Waals surface area contributed by atoms with E-state index in [1.165, 1.54) is 31.4 Å². The zero-order chi connectivity index (χ0) is 18.4. The highest BCUT2D eigenvalue weighted by molar-refractivity contribution is 6.18. The summed E-state index contributed by atoms with van der Waals surface area (Å²) in [5.41, 5.74) is 0.220. The van der Waals surface area contributed by atoms with Crippen molar-refractivity contribution >= 4 is 17.6 Å². The third-order valence-corrected chi connectivity index (χ3v) is 4.24. The molecular weight excluding hydrogens is 361 g/mol. The Morgan fingerprint density at radius 1 is 1.08 bits per heavy atom. The molecule has 0 aliphatic carbocycles. The Kier molecular flexibility index (Phi) is 16.3. The molecule has 6 heteroatoms. The number of aromatic carboxylic acids is 1. The summed E-state index contributed by atoms with van der Waals surface area (Å²) in [6, 6.07) is 8.06. The lowest BCUT2D eigenvalue weighted by molar-refractivity contribution is -0.930. The van der Waals surface area contributed by atoms with Gasteiger partial charge in [0.15, 0.2) is 0 Å². The van der Waals surface area contributed by atoms with Gasteiger partial charge in [-0.2, -0.15) is 0 Å².